The number of aliphatic carboxylic acids is 1. The molecule has 0 bridgehead atoms. The predicted octanol–water partition coefficient (Wildman–Crippen LogP) is 1.78. The van der Waals surface area contributed by atoms with Crippen LogP contribution in [0.2, 0.25) is 0 Å². The molecule has 1 heterocycles. The molecule has 0 aliphatic carbocycles. The number of rotatable bonds is 5. The molecule has 0 spiro atoms. The van der Waals surface area contributed by atoms with Crippen LogP contribution in [0.4, 0.5) is 4.39 Å². The van der Waals surface area contributed by atoms with Crippen molar-refractivity contribution in [1.29, 1.82) is 0 Å². The summed E-state index contributed by atoms with van der Waals surface area (Å²) in [5.41, 5.74) is 1.20. The van der Waals surface area contributed by atoms with E-state index in [0.29, 0.717) is 11.1 Å². The van der Waals surface area contributed by atoms with Gasteiger partial charge in [0.05, 0.1) is 18.2 Å². The van der Waals surface area contributed by atoms with Gasteiger partial charge in [0, 0.05) is 12.7 Å². The summed E-state index contributed by atoms with van der Waals surface area (Å²) in [7, 11) is 0. The van der Waals surface area contributed by atoms with Crippen molar-refractivity contribution in [3.8, 4) is 0 Å². The molecule has 0 atom stereocenters. The molecule has 2 N–H and O–H groups in total. The standard InChI is InChI=1S/C15H13FN2O3/c16-13-9-17-6-5-12(13)15(21)18-8-11-4-2-1-3-10(11)7-14(19)20/h1-6,9H,7-8H2,(H,18,21)(H,19,20). The molecule has 6 heteroatoms. The number of pyridine rings is 1. The van der Waals surface area contributed by atoms with Crippen LogP contribution in [0.5, 0.6) is 0 Å². The molecule has 0 aliphatic rings. The molecular formula is C15H13FN2O3. The second kappa shape index (κ2) is 6.60. The van der Waals surface area contributed by atoms with E-state index in [-0.39, 0.29) is 18.5 Å². The zero-order chi connectivity index (χ0) is 15.2. The highest BCUT2D eigenvalue weighted by Crippen LogP contribution is 2.10. The summed E-state index contributed by atoms with van der Waals surface area (Å²) >= 11 is 0. The van der Waals surface area contributed by atoms with Crippen LogP contribution >= 0.6 is 0 Å². The molecule has 1 aromatic carbocycles. The van der Waals surface area contributed by atoms with E-state index in [9.17, 15) is 14.0 Å². The quantitative estimate of drug-likeness (QED) is 0.879. The van der Waals surface area contributed by atoms with Crippen molar-refractivity contribution in [1.82, 2.24) is 10.3 Å². The van der Waals surface area contributed by atoms with Gasteiger partial charge >= 0.3 is 5.97 Å². The number of hydrogen-bond acceptors (Lipinski definition) is 3. The SMILES string of the molecule is O=C(O)Cc1ccccc1CNC(=O)c1ccncc1F. The maximum Gasteiger partial charge on any atom is 0.307 e. The Kier molecular flexibility index (Phi) is 4.61. The smallest absolute Gasteiger partial charge is 0.307 e. The van der Waals surface area contributed by atoms with Crippen molar-refractivity contribution in [2.75, 3.05) is 0 Å². The molecule has 108 valence electrons. The molecule has 0 saturated heterocycles. The number of nitrogens with one attached hydrogen (secondary N) is 1. The van der Waals surface area contributed by atoms with Gasteiger partial charge in [-0.1, -0.05) is 24.3 Å². The van der Waals surface area contributed by atoms with E-state index in [1.165, 1.54) is 12.3 Å². The summed E-state index contributed by atoms with van der Waals surface area (Å²) in [4.78, 5) is 26.2. The summed E-state index contributed by atoms with van der Waals surface area (Å²) in [6, 6.07) is 8.17. The molecule has 2 aromatic rings. The van der Waals surface area contributed by atoms with Gasteiger partial charge in [0.1, 0.15) is 0 Å². The highest BCUT2D eigenvalue weighted by molar-refractivity contribution is 5.94. The lowest BCUT2D eigenvalue weighted by Crippen LogP contribution is -2.24. The fourth-order valence-corrected chi connectivity index (χ4v) is 1.90. The number of benzene rings is 1. The number of carbonyl (C=O) groups is 2. The minimum Gasteiger partial charge on any atom is -0.481 e. The van der Waals surface area contributed by atoms with Crippen LogP contribution in [-0.4, -0.2) is 22.0 Å². The minimum absolute atomic E-state index is 0.0966. The van der Waals surface area contributed by atoms with Gasteiger partial charge in [0.25, 0.3) is 5.91 Å². The van der Waals surface area contributed by atoms with Crippen LogP contribution < -0.4 is 5.32 Å². The number of carbonyl (C=O) groups excluding carboxylic acids is 1. The second-order valence-electron chi connectivity index (χ2n) is 4.38. The number of amides is 1. The predicted molar refractivity (Wildman–Crippen MR) is 73.1 cm³/mol. The fourth-order valence-electron chi connectivity index (χ4n) is 1.90. The van der Waals surface area contributed by atoms with Gasteiger partial charge in [-0.25, -0.2) is 4.39 Å². The first-order valence-electron chi connectivity index (χ1n) is 6.24. The van der Waals surface area contributed by atoms with E-state index in [0.717, 1.165) is 6.20 Å². The number of hydrogen-bond donors (Lipinski definition) is 2. The third-order valence-electron chi connectivity index (χ3n) is 2.92. The van der Waals surface area contributed by atoms with Crippen molar-refractivity contribution >= 4 is 11.9 Å². The third-order valence-corrected chi connectivity index (χ3v) is 2.92. The van der Waals surface area contributed by atoms with Gasteiger partial charge in [-0.15, -0.1) is 0 Å². The van der Waals surface area contributed by atoms with Gasteiger partial charge < -0.3 is 10.4 Å². The lowest BCUT2D eigenvalue weighted by molar-refractivity contribution is -0.136. The molecular weight excluding hydrogens is 275 g/mol. The van der Waals surface area contributed by atoms with Crippen LogP contribution in [0, 0.1) is 5.82 Å². The van der Waals surface area contributed by atoms with Crippen LogP contribution in [0.15, 0.2) is 42.7 Å². The van der Waals surface area contributed by atoms with Gasteiger partial charge in [-0.3, -0.25) is 14.6 Å². The third kappa shape index (κ3) is 3.85. The monoisotopic (exact) mass is 288 g/mol. The number of carboxylic acid groups (broad SMARTS) is 1. The molecule has 21 heavy (non-hydrogen) atoms. The van der Waals surface area contributed by atoms with E-state index in [1.807, 2.05) is 0 Å². The molecule has 0 saturated carbocycles. The average Bonchev–Trinajstić information content (AvgIpc) is 2.46. The second-order valence-corrected chi connectivity index (χ2v) is 4.38. The van der Waals surface area contributed by atoms with Gasteiger partial charge in [0.2, 0.25) is 0 Å². The Labute approximate surface area is 120 Å². The molecule has 2 rings (SSSR count). The minimum atomic E-state index is -0.950. The normalized spacial score (nSPS) is 10.1. The molecule has 0 unspecified atom stereocenters. The average molecular weight is 288 g/mol. The largest absolute Gasteiger partial charge is 0.481 e. The summed E-state index contributed by atoms with van der Waals surface area (Å²) in [6.45, 7) is 0.129. The van der Waals surface area contributed by atoms with E-state index in [2.05, 4.69) is 10.3 Å². The molecule has 0 radical (unpaired) electrons. The molecule has 5 nitrogen and oxygen atoms in total. The van der Waals surface area contributed by atoms with Crippen LogP contribution in [-0.2, 0) is 17.8 Å². The Hall–Kier alpha value is -2.76. The molecule has 0 aliphatic heterocycles. The zero-order valence-corrected chi connectivity index (χ0v) is 11.0. The van der Waals surface area contributed by atoms with Gasteiger partial charge in [-0.05, 0) is 17.2 Å². The van der Waals surface area contributed by atoms with Crippen molar-refractivity contribution in [2.24, 2.45) is 0 Å². The van der Waals surface area contributed by atoms with Crippen molar-refractivity contribution in [2.45, 2.75) is 13.0 Å². The topological polar surface area (TPSA) is 79.3 Å². The Morgan fingerprint density at radius 3 is 2.57 bits per heavy atom. The number of halogens is 1. The summed E-state index contributed by atoms with van der Waals surface area (Å²) < 4.78 is 13.4. The highest BCUT2D eigenvalue weighted by atomic mass is 19.1. The van der Waals surface area contributed by atoms with Crippen LogP contribution in [0.3, 0.4) is 0 Å². The maximum atomic E-state index is 13.4. The van der Waals surface area contributed by atoms with E-state index < -0.39 is 17.7 Å². The first-order chi connectivity index (χ1) is 10.1. The Morgan fingerprint density at radius 1 is 1.19 bits per heavy atom. The zero-order valence-electron chi connectivity index (χ0n) is 11.0. The molecule has 1 aromatic heterocycles. The fraction of sp³-hybridized carbons (Fsp3) is 0.133. The van der Waals surface area contributed by atoms with Crippen molar-refractivity contribution in [3.63, 3.8) is 0 Å². The molecule has 0 fully saturated rings. The van der Waals surface area contributed by atoms with Crippen LogP contribution in [0.25, 0.3) is 0 Å². The maximum absolute atomic E-state index is 13.4. The Balaban J connectivity index is 2.08. The summed E-state index contributed by atoms with van der Waals surface area (Å²) in [5, 5.41) is 11.4. The van der Waals surface area contributed by atoms with Crippen molar-refractivity contribution < 1.29 is 19.1 Å². The van der Waals surface area contributed by atoms with E-state index in [1.54, 1.807) is 24.3 Å². The van der Waals surface area contributed by atoms with E-state index >= 15 is 0 Å². The lowest BCUT2D eigenvalue weighted by atomic mass is 10.0. The van der Waals surface area contributed by atoms with Gasteiger partial charge in [-0.2, -0.15) is 0 Å². The summed E-state index contributed by atoms with van der Waals surface area (Å²) in [6.07, 6.45) is 2.17. The Bertz CT molecular complexity index is 673. The number of carboxylic acids is 1. The van der Waals surface area contributed by atoms with Gasteiger partial charge in [0.15, 0.2) is 5.82 Å². The highest BCUT2D eigenvalue weighted by Gasteiger charge is 2.12. The first-order valence-corrected chi connectivity index (χ1v) is 6.24. The van der Waals surface area contributed by atoms with E-state index in [4.69, 9.17) is 5.11 Å². The number of aromatic nitrogens is 1. The van der Waals surface area contributed by atoms with Crippen LogP contribution in [0.1, 0.15) is 21.5 Å². The van der Waals surface area contributed by atoms with Crippen molar-refractivity contribution in [3.05, 3.63) is 65.2 Å². The molecule has 1 amide bonds. The lowest BCUT2D eigenvalue weighted by Gasteiger charge is -2.09. The number of nitrogens with zero attached hydrogens (tertiary/aromatic N) is 1. The summed E-state index contributed by atoms with van der Waals surface area (Å²) in [5.74, 6) is -2.22. The first kappa shape index (κ1) is 14.6. The Morgan fingerprint density at radius 2 is 1.90 bits per heavy atom.